The van der Waals surface area contributed by atoms with E-state index < -0.39 is 18.1 Å². The molecule has 2 N–H and O–H groups in total. The molecule has 3 atom stereocenters. The molecule has 1 saturated heterocycles. The molecule has 1 aromatic rings. The van der Waals surface area contributed by atoms with Gasteiger partial charge in [0.2, 0.25) is 5.91 Å². The van der Waals surface area contributed by atoms with Gasteiger partial charge in [0.15, 0.2) is 6.04 Å². The molecule has 126 valence electrons. The van der Waals surface area contributed by atoms with Gasteiger partial charge < -0.3 is 19.9 Å². The number of esters is 1. The first-order valence-corrected chi connectivity index (χ1v) is 7.84. The van der Waals surface area contributed by atoms with Crippen molar-refractivity contribution < 1.29 is 24.2 Å². The van der Waals surface area contributed by atoms with Gasteiger partial charge in [-0.05, 0) is 25.3 Å². The van der Waals surface area contributed by atoms with Crippen LogP contribution in [0.5, 0.6) is 0 Å². The molecule has 0 spiro atoms. The number of rotatable bonds is 6. The van der Waals surface area contributed by atoms with Crippen LogP contribution >= 0.6 is 0 Å². The molecule has 23 heavy (non-hydrogen) atoms. The molecule has 2 rings (SSSR count). The van der Waals surface area contributed by atoms with Crippen molar-refractivity contribution in [1.82, 2.24) is 5.32 Å². The maximum atomic E-state index is 12.2. The summed E-state index contributed by atoms with van der Waals surface area (Å²) in [5.74, 6) is -1.21. The first-order chi connectivity index (χ1) is 11.1. The molecule has 0 saturated carbocycles. The van der Waals surface area contributed by atoms with E-state index in [1.165, 1.54) is 6.92 Å². The number of aliphatic hydroxyl groups excluding tert-OH is 1. The molecule has 1 aromatic carbocycles. The molecule has 1 aliphatic rings. The summed E-state index contributed by atoms with van der Waals surface area (Å²) < 4.78 is 10.5. The van der Waals surface area contributed by atoms with E-state index in [4.69, 9.17) is 9.47 Å². The Labute approximate surface area is 135 Å². The van der Waals surface area contributed by atoms with Crippen LogP contribution in [0.1, 0.15) is 25.3 Å². The van der Waals surface area contributed by atoms with E-state index in [0.717, 1.165) is 18.4 Å². The minimum absolute atomic E-state index is 0.102. The third-order valence-corrected chi connectivity index (χ3v) is 3.79. The number of hydrogen-bond acceptors (Lipinski definition) is 5. The molecule has 1 heterocycles. The summed E-state index contributed by atoms with van der Waals surface area (Å²) in [5, 5.41) is 12.4. The van der Waals surface area contributed by atoms with Crippen LogP contribution in [-0.2, 0) is 25.7 Å². The van der Waals surface area contributed by atoms with Gasteiger partial charge in [0.05, 0.1) is 18.6 Å². The molecular formula is C17H23NO5. The number of aliphatic hydroxyl groups is 1. The summed E-state index contributed by atoms with van der Waals surface area (Å²) in [6, 6.07) is 8.16. The Kier molecular flexibility index (Phi) is 6.55. The van der Waals surface area contributed by atoms with Gasteiger partial charge in [-0.3, -0.25) is 4.79 Å². The van der Waals surface area contributed by atoms with Gasteiger partial charge in [0.25, 0.3) is 0 Å². The number of carbonyl (C=O) groups excluding carboxylic acids is 2. The van der Waals surface area contributed by atoms with E-state index in [1.54, 1.807) is 0 Å². The predicted molar refractivity (Wildman–Crippen MR) is 83.4 cm³/mol. The zero-order chi connectivity index (χ0) is 16.7. The zero-order valence-corrected chi connectivity index (χ0v) is 13.2. The van der Waals surface area contributed by atoms with Crippen molar-refractivity contribution >= 4 is 11.9 Å². The summed E-state index contributed by atoms with van der Waals surface area (Å²) in [4.78, 5) is 24.3. The Morgan fingerprint density at radius 3 is 2.74 bits per heavy atom. The molecule has 0 aromatic heterocycles. The van der Waals surface area contributed by atoms with E-state index in [-0.39, 0.29) is 18.4 Å². The second kappa shape index (κ2) is 8.64. The molecule has 1 amide bonds. The van der Waals surface area contributed by atoms with Crippen LogP contribution in [0.25, 0.3) is 0 Å². The van der Waals surface area contributed by atoms with Crippen molar-refractivity contribution in [2.75, 3.05) is 13.2 Å². The average Bonchev–Trinajstić information content (AvgIpc) is 2.58. The average molecular weight is 321 g/mol. The van der Waals surface area contributed by atoms with Crippen LogP contribution in [0.15, 0.2) is 30.3 Å². The van der Waals surface area contributed by atoms with E-state index in [2.05, 4.69) is 5.32 Å². The van der Waals surface area contributed by atoms with Crippen LogP contribution in [-0.4, -0.2) is 42.3 Å². The molecule has 0 radical (unpaired) electrons. The second-order valence-electron chi connectivity index (χ2n) is 5.73. The molecular weight excluding hydrogens is 298 g/mol. The molecule has 6 nitrogen and oxygen atoms in total. The largest absolute Gasteiger partial charge is 0.459 e. The molecule has 1 aliphatic heterocycles. The summed E-state index contributed by atoms with van der Waals surface area (Å²) in [6.45, 7) is 2.55. The predicted octanol–water partition coefficient (Wildman–Crippen LogP) is 1.02. The zero-order valence-electron chi connectivity index (χ0n) is 13.2. The fourth-order valence-corrected chi connectivity index (χ4v) is 2.41. The van der Waals surface area contributed by atoms with E-state index in [9.17, 15) is 14.7 Å². The Balaban J connectivity index is 1.89. The first kappa shape index (κ1) is 17.4. The maximum Gasteiger partial charge on any atom is 0.331 e. The monoisotopic (exact) mass is 321 g/mol. The minimum Gasteiger partial charge on any atom is -0.459 e. The number of nitrogens with one attached hydrogen (secondary N) is 1. The van der Waals surface area contributed by atoms with Crippen LogP contribution in [0.3, 0.4) is 0 Å². The number of amides is 1. The molecule has 0 unspecified atom stereocenters. The highest BCUT2D eigenvalue weighted by Crippen LogP contribution is 2.14. The smallest absolute Gasteiger partial charge is 0.331 e. The van der Waals surface area contributed by atoms with Gasteiger partial charge in [0.1, 0.15) is 6.61 Å². The lowest BCUT2D eigenvalue weighted by Crippen LogP contribution is -2.51. The van der Waals surface area contributed by atoms with Crippen LogP contribution in [0, 0.1) is 5.92 Å². The molecule has 1 fully saturated rings. The Bertz CT molecular complexity index is 511. The molecule has 6 heteroatoms. The lowest BCUT2D eigenvalue weighted by Gasteiger charge is -2.25. The van der Waals surface area contributed by atoms with Gasteiger partial charge in [-0.25, -0.2) is 4.79 Å². The van der Waals surface area contributed by atoms with Crippen LogP contribution in [0.4, 0.5) is 0 Å². The molecule has 0 bridgehead atoms. The van der Waals surface area contributed by atoms with E-state index >= 15 is 0 Å². The van der Waals surface area contributed by atoms with E-state index in [1.807, 2.05) is 30.3 Å². The summed E-state index contributed by atoms with van der Waals surface area (Å²) in [5.41, 5.74) is 0.845. The summed E-state index contributed by atoms with van der Waals surface area (Å²) in [6.07, 6.45) is 0.500. The lowest BCUT2D eigenvalue weighted by atomic mass is 10.0. The minimum atomic E-state index is -1.08. The topological polar surface area (TPSA) is 84.9 Å². The van der Waals surface area contributed by atoms with Gasteiger partial charge in [-0.15, -0.1) is 0 Å². The number of benzene rings is 1. The number of carbonyl (C=O) groups is 2. The van der Waals surface area contributed by atoms with Crippen LogP contribution in [0.2, 0.25) is 0 Å². The quantitative estimate of drug-likeness (QED) is 0.764. The fraction of sp³-hybridized carbons (Fsp3) is 0.529. The number of ether oxygens (including phenoxy) is 2. The van der Waals surface area contributed by atoms with Crippen LogP contribution < -0.4 is 5.32 Å². The highest BCUT2D eigenvalue weighted by atomic mass is 16.5. The van der Waals surface area contributed by atoms with Gasteiger partial charge in [-0.2, -0.15) is 0 Å². The van der Waals surface area contributed by atoms with Crippen molar-refractivity contribution in [1.29, 1.82) is 0 Å². The lowest BCUT2D eigenvalue weighted by molar-refractivity contribution is -0.153. The third-order valence-electron chi connectivity index (χ3n) is 3.79. The normalized spacial score (nSPS) is 20.3. The highest BCUT2D eigenvalue weighted by Gasteiger charge is 2.30. The summed E-state index contributed by atoms with van der Waals surface area (Å²) in [7, 11) is 0. The number of hydrogen-bond donors (Lipinski definition) is 2. The third kappa shape index (κ3) is 5.33. The second-order valence-corrected chi connectivity index (χ2v) is 5.73. The van der Waals surface area contributed by atoms with E-state index in [0.29, 0.717) is 13.2 Å². The van der Waals surface area contributed by atoms with Crippen molar-refractivity contribution in [3.05, 3.63) is 35.9 Å². The van der Waals surface area contributed by atoms with Crippen molar-refractivity contribution in [2.45, 2.75) is 38.5 Å². The van der Waals surface area contributed by atoms with Gasteiger partial charge in [0, 0.05) is 6.61 Å². The standard InChI is InChI=1S/C17H23NO5/c1-12(19)15(18-16(20)14-8-5-9-22-11-14)17(21)23-10-13-6-3-2-4-7-13/h2-4,6-7,12,14-15,19H,5,8-11H2,1H3,(H,18,20)/t12-,14+,15-/m0/s1. The molecule has 0 aliphatic carbocycles. The van der Waals surface area contributed by atoms with Crippen molar-refractivity contribution in [3.63, 3.8) is 0 Å². The van der Waals surface area contributed by atoms with Crippen molar-refractivity contribution in [2.24, 2.45) is 5.92 Å². The Morgan fingerprint density at radius 1 is 1.39 bits per heavy atom. The highest BCUT2D eigenvalue weighted by molar-refractivity contribution is 5.86. The Morgan fingerprint density at radius 2 is 2.13 bits per heavy atom. The Hall–Kier alpha value is -1.92. The first-order valence-electron chi connectivity index (χ1n) is 7.84. The fourth-order valence-electron chi connectivity index (χ4n) is 2.41. The maximum absolute atomic E-state index is 12.2. The van der Waals surface area contributed by atoms with Gasteiger partial charge in [-0.1, -0.05) is 30.3 Å². The van der Waals surface area contributed by atoms with Gasteiger partial charge >= 0.3 is 5.97 Å². The van der Waals surface area contributed by atoms with Crippen molar-refractivity contribution in [3.8, 4) is 0 Å². The summed E-state index contributed by atoms with van der Waals surface area (Å²) >= 11 is 0. The SMILES string of the molecule is C[C@H](O)[C@H](NC(=O)[C@@H]1CCCOC1)C(=O)OCc1ccccc1.